The Morgan fingerprint density at radius 3 is 1.95 bits per heavy atom. The smallest absolute Gasteiger partial charge is 0.310 e. The number of hydrogen-bond acceptors (Lipinski definition) is 10. The number of amides is 2. The molecule has 3 aliphatic heterocycles. The van der Waals surface area contributed by atoms with Crippen LogP contribution in [-0.4, -0.2) is 68.7 Å². The topological polar surface area (TPSA) is 145 Å². The lowest BCUT2D eigenvalue weighted by Crippen LogP contribution is -2.60. The van der Waals surface area contributed by atoms with Crippen molar-refractivity contribution in [2.24, 2.45) is 17.8 Å². The van der Waals surface area contributed by atoms with Gasteiger partial charge in [0.05, 0.1) is 39.9 Å². The van der Waals surface area contributed by atoms with Crippen molar-refractivity contribution in [1.82, 2.24) is 10.4 Å². The Morgan fingerprint density at radius 1 is 0.797 bits per heavy atom. The van der Waals surface area contributed by atoms with Crippen molar-refractivity contribution in [3.8, 4) is 28.7 Å². The van der Waals surface area contributed by atoms with Crippen LogP contribution < -0.4 is 33.9 Å². The van der Waals surface area contributed by atoms with Gasteiger partial charge in [0.15, 0.2) is 23.0 Å². The Labute approximate surface area is 344 Å². The molecule has 0 aromatic heterocycles. The average Bonchev–Trinajstić information content (AvgIpc) is 3.86. The first kappa shape index (κ1) is 40.0. The molecule has 8 rings (SSSR count). The van der Waals surface area contributed by atoms with Crippen molar-refractivity contribution in [3.05, 3.63) is 107 Å². The lowest BCUT2D eigenvalue weighted by Gasteiger charge is -2.50. The van der Waals surface area contributed by atoms with Crippen LogP contribution in [0.3, 0.4) is 0 Å². The van der Waals surface area contributed by atoms with Crippen LogP contribution in [0.15, 0.2) is 84.9 Å². The van der Waals surface area contributed by atoms with Crippen LogP contribution in [0.25, 0.3) is 0 Å². The van der Waals surface area contributed by atoms with E-state index >= 15 is 9.59 Å². The highest BCUT2D eigenvalue weighted by Gasteiger charge is 2.54. The van der Waals surface area contributed by atoms with E-state index < -0.39 is 58.7 Å². The highest BCUT2D eigenvalue weighted by molar-refractivity contribution is 6.02. The van der Waals surface area contributed by atoms with Crippen LogP contribution in [0.5, 0.6) is 28.7 Å². The minimum atomic E-state index is -1.13. The van der Waals surface area contributed by atoms with Crippen molar-refractivity contribution in [1.29, 1.82) is 0 Å². The molecule has 5 atom stereocenters. The fourth-order valence-corrected chi connectivity index (χ4v) is 9.94. The number of hydroxylamine groups is 2. The standard InChI is InChI=1S/C46H50N3O10/c1-45(2)22-28(23-46(3,4)49(45)53)43(51)48(29-16-12-9-13-17-29)40(26-14-10-8-11-15-26)42(50)47-39-31-21-34-33(58-25-59-34)20-30(31)37(38-32(39)24-57-44(38)52)27-18-35(54-5)41(56-7)36(19-27)55-6/h8-21,28,32,37-40H,22-25H2,1-7H3,(H,47,50)/t32-,37+,38-,39+,40?/m0/s1. The van der Waals surface area contributed by atoms with E-state index in [0.29, 0.717) is 52.8 Å². The molecule has 2 amide bonds. The minimum absolute atomic E-state index is 0.0160. The van der Waals surface area contributed by atoms with Gasteiger partial charge in [-0.2, -0.15) is 0 Å². The van der Waals surface area contributed by atoms with Crippen LogP contribution in [0.1, 0.15) is 80.8 Å². The molecule has 1 N–H and O–H groups in total. The summed E-state index contributed by atoms with van der Waals surface area (Å²) >= 11 is 0. The second kappa shape index (κ2) is 15.4. The molecule has 13 heteroatoms. The van der Waals surface area contributed by atoms with E-state index in [1.807, 2.05) is 113 Å². The maximum absolute atomic E-state index is 15.4. The number of carbonyl (C=O) groups is 3. The number of methoxy groups -OCH3 is 3. The first-order valence-corrected chi connectivity index (χ1v) is 19.9. The quantitative estimate of drug-likeness (QED) is 0.168. The molecule has 59 heavy (non-hydrogen) atoms. The molecular weight excluding hydrogens is 755 g/mol. The van der Waals surface area contributed by atoms with Gasteiger partial charge in [0.25, 0.3) is 0 Å². The summed E-state index contributed by atoms with van der Waals surface area (Å²) in [7, 11) is 4.60. The molecule has 4 aliphatic rings. The van der Waals surface area contributed by atoms with Gasteiger partial charge in [-0.25, -0.2) is 0 Å². The average molecular weight is 805 g/mol. The van der Waals surface area contributed by atoms with Crippen LogP contribution in [0.4, 0.5) is 5.69 Å². The largest absolute Gasteiger partial charge is 0.493 e. The number of hydrogen-bond donors (Lipinski definition) is 1. The lowest BCUT2D eigenvalue weighted by atomic mass is 9.65. The number of benzene rings is 4. The van der Waals surface area contributed by atoms with Gasteiger partial charge in [-0.1, -0.05) is 48.5 Å². The van der Waals surface area contributed by atoms with E-state index in [9.17, 15) is 10.0 Å². The van der Waals surface area contributed by atoms with Crippen molar-refractivity contribution < 1.29 is 48.0 Å². The first-order valence-electron chi connectivity index (χ1n) is 19.9. The Balaban J connectivity index is 1.25. The number of nitrogens with zero attached hydrogens (tertiary/aromatic N) is 2. The number of piperidine rings is 1. The Hall–Kier alpha value is -5.79. The van der Waals surface area contributed by atoms with Gasteiger partial charge in [0.2, 0.25) is 24.4 Å². The van der Waals surface area contributed by atoms with Crippen molar-refractivity contribution in [2.75, 3.05) is 39.6 Å². The molecule has 1 radical (unpaired) electrons. The van der Waals surface area contributed by atoms with E-state index in [4.69, 9.17) is 28.4 Å². The molecule has 13 nitrogen and oxygen atoms in total. The molecule has 1 aliphatic carbocycles. The third-order valence-electron chi connectivity index (χ3n) is 12.4. The zero-order valence-electron chi connectivity index (χ0n) is 34.4. The molecule has 3 heterocycles. The predicted octanol–water partition coefficient (Wildman–Crippen LogP) is 6.92. The SMILES string of the molecule is COc1cc([C@@H]2c3cc4c(cc3[C@@H](NC(=O)C(c3ccccc3)N(C(=O)C3CC(C)(C)N([O])C(C)(C)C3)c3ccccc3)[C@H]3COC(=O)[C@H]23)OCO4)cc(OC)c1OC. The van der Waals surface area contributed by atoms with E-state index in [-0.39, 0.29) is 19.3 Å². The van der Waals surface area contributed by atoms with Crippen LogP contribution >= 0.6 is 0 Å². The Morgan fingerprint density at radius 2 is 1.37 bits per heavy atom. The number of anilines is 1. The number of cyclic esters (lactones) is 1. The zero-order chi connectivity index (χ0) is 41.8. The Bertz CT molecular complexity index is 2200. The van der Waals surface area contributed by atoms with Crippen molar-refractivity contribution >= 4 is 23.5 Å². The number of ether oxygens (including phenoxy) is 6. The lowest BCUT2D eigenvalue weighted by molar-refractivity contribution is -0.292. The summed E-state index contributed by atoms with van der Waals surface area (Å²) in [6.07, 6.45) is 0.611. The molecule has 1 unspecified atom stereocenters. The predicted molar refractivity (Wildman–Crippen MR) is 216 cm³/mol. The van der Waals surface area contributed by atoms with Crippen LogP contribution in [0, 0.1) is 17.8 Å². The third kappa shape index (κ3) is 6.99. The second-order valence-electron chi connectivity index (χ2n) is 17.0. The molecule has 0 bridgehead atoms. The third-order valence-corrected chi connectivity index (χ3v) is 12.4. The zero-order valence-corrected chi connectivity index (χ0v) is 34.4. The van der Waals surface area contributed by atoms with Crippen LogP contribution in [0.2, 0.25) is 0 Å². The molecule has 4 aromatic carbocycles. The first-order chi connectivity index (χ1) is 28.3. The Kier molecular flexibility index (Phi) is 10.5. The fourth-order valence-electron chi connectivity index (χ4n) is 9.94. The van der Waals surface area contributed by atoms with E-state index in [2.05, 4.69) is 5.32 Å². The van der Waals surface area contributed by atoms with Crippen molar-refractivity contribution in [2.45, 2.75) is 69.6 Å². The maximum atomic E-state index is 15.4. The van der Waals surface area contributed by atoms with Gasteiger partial charge in [-0.15, -0.1) is 10.3 Å². The number of rotatable bonds is 10. The molecule has 2 fully saturated rings. The van der Waals surface area contributed by atoms with Gasteiger partial charge in [0.1, 0.15) is 6.04 Å². The highest BCUT2D eigenvalue weighted by Crippen LogP contribution is 2.56. The van der Waals surface area contributed by atoms with Gasteiger partial charge in [0, 0.05) is 34.5 Å². The summed E-state index contributed by atoms with van der Waals surface area (Å²) in [5.41, 5.74) is 1.64. The number of para-hydroxylation sites is 1. The summed E-state index contributed by atoms with van der Waals surface area (Å²) in [4.78, 5) is 46.2. The number of esters is 1. The number of nitrogens with one attached hydrogen (secondary N) is 1. The molecule has 2 saturated heterocycles. The monoisotopic (exact) mass is 804 g/mol. The minimum Gasteiger partial charge on any atom is -0.493 e. The molecular formula is C46H50N3O10. The van der Waals surface area contributed by atoms with Gasteiger partial charge < -0.3 is 33.7 Å². The molecule has 0 spiro atoms. The number of fused-ring (bicyclic) bond motifs is 3. The number of carbonyl (C=O) groups excluding carboxylic acids is 3. The molecule has 309 valence electrons. The summed E-state index contributed by atoms with van der Waals surface area (Å²) in [5, 5.41) is 17.9. The normalized spacial score (nSPS) is 23.3. The second-order valence-corrected chi connectivity index (χ2v) is 17.0. The maximum Gasteiger partial charge on any atom is 0.310 e. The highest BCUT2D eigenvalue weighted by atomic mass is 16.7. The summed E-state index contributed by atoms with van der Waals surface area (Å²) < 4.78 is 34.7. The fraction of sp³-hybridized carbons (Fsp3) is 0.413. The van der Waals surface area contributed by atoms with E-state index in [1.165, 1.54) is 21.3 Å². The van der Waals surface area contributed by atoms with E-state index in [1.54, 1.807) is 4.90 Å². The van der Waals surface area contributed by atoms with Gasteiger partial charge in [-0.05, 0) is 99.2 Å². The van der Waals surface area contributed by atoms with Gasteiger partial charge in [-0.3, -0.25) is 19.3 Å². The molecule has 0 saturated carbocycles. The summed E-state index contributed by atoms with van der Waals surface area (Å²) in [6, 6.07) is 23.9. The van der Waals surface area contributed by atoms with Crippen molar-refractivity contribution in [3.63, 3.8) is 0 Å². The van der Waals surface area contributed by atoms with Crippen LogP contribution in [-0.2, 0) is 24.3 Å². The van der Waals surface area contributed by atoms with E-state index in [0.717, 1.165) is 21.8 Å². The summed E-state index contributed by atoms with van der Waals surface area (Å²) in [5.74, 6) is -1.25. The van der Waals surface area contributed by atoms with Gasteiger partial charge >= 0.3 is 5.97 Å². The molecule has 4 aromatic rings. The summed E-state index contributed by atoms with van der Waals surface area (Å²) in [6.45, 7) is 7.48.